The molecule has 8 nitrogen and oxygen atoms in total. The smallest absolute Gasteiger partial charge is 0.244 e. The zero-order valence-corrected chi connectivity index (χ0v) is 27.2. The van der Waals surface area contributed by atoms with E-state index in [-0.39, 0.29) is 30.5 Å². The highest BCUT2D eigenvalue weighted by molar-refractivity contribution is 7.92. The molecule has 0 spiro atoms. The second-order valence-corrected chi connectivity index (χ2v) is 16.0. The number of carbonyl (C=O) groups is 2. The number of nitrogens with one attached hydrogen (secondary N) is 1. The van der Waals surface area contributed by atoms with Crippen molar-refractivity contribution in [3.8, 4) is 5.75 Å². The number of rotatable bonds is 11. The third-order valence-corrected chi connectivity index (χ3v) is 12.0. The molecule has 0 saturated heterocycles. The van der Waals surface area contributed by atoms with Crippen LogP contribution in [0.3, 0.4) is 0 Å². The molecule has 0 heterocycles. The standard InChI is InChI=1S/C35H47N3O5S/c1-24(34(40)36-30-8-4-5-9-30)37(22-25-7-6-10-32(18-25)43-2)33(39)23-38(44(3,41)42)31-13-11-29(12-14-31)35-19-26-15-27(20-35)17-28(16-26)21-35/h6-7,10-14,18,24,26-28,30H,4-5,8-9,15-17,19-23H2,1-3H3,(H,36,40)/t24-,26?,27?,28?,35?/m0/s1. The fraction of sp³-hybridized carbons (Fsp3) is 0.600. The van der Waals surface area contributed by atoms with Crippen molar-refractivity contribution >= 4 is 27.5 Å². The van der Waals surface area contributed by atoms with Crippen LogP contribution >= 0.6 is 0 Å². The summed E-state index contributed by atoms with van der Waals surface area (Å²) in [4.78, 5) is 28.9. The third kappa shape index (κ3) is 6.49. The Hall–Kier alpha value is -3.07. The molecular formula is C35H47N3O5S. The summed E-state index contributed by atoms with van der Waals surface area (Å²) in [6.45, 7) is 1.48. The van der Waals surface area contributed by atoms with Crippen LogP contribution in [0.1, 0.15) is 82.3 Å². The first-order valence-corrected chi connectivity index (χ1v) is 18.2. The Morgan fingerprint density at radius 1 is 0.977 bits per heavy atom. The number of hydrogen-bond acceptors (Lipinski definition) is 5. The van der Waals surface area contributed by atoms with Crippen molar-refractivity contribution in [3.63, 3.8) is 0 Å². The van der Waals surface area contributed by atoms with Gasteiger partial charge in [-0.2, -0.15) is 0 Å². The fourth-order valence-electron chi connectivity index (χ4n) is 9.00. The van der Waals surface area contributed by atoms with Gasteiger partial charge in [-0.05, 0) is 117 Å². The number of ether oxygens (including phenoxy) is 1. The summed E-state index contributed by atoms with van der Waals surface area (Å²) < 4.78 is 32.8. The maximum Gasteiger partial charge on any atom is 0.244 e. The van der Waals surface area contributed by atoms with Crippen molar-refractivity contribution in [2.45, 2.75) is 95.2 Å². The van der Waals surface area contributed by atoms with Gasteiger partial charge in [0.1, 0.15) is 18.3 Å². The maximum absolute atomic E-state index is 14.0. The molecule has 9 heteroatoms. The molecule has 2 amide bonds. The largest absolute Gasteiger partial charge is 0.497 e. The van der Waals surface area contributed by atoms with Crippen LogP contribution in [0, 0.1) is 17.8 Å². The highest BCUT2D eigenvalue weighted by Crippen LogP contribution is 2.60. The maximum atomic E-state index is 14.0. The molecule has 5 aliphatic rings. The van der Waals surface area contributed by atoms with Crippen LogP contribution in [-0.2, 0) is 31.6 Å². The van der Waals surface area contributed by atoms with Gasteiger partial charge in [-0.25, -0.2) is 8.42 Å². The minimum absolute atomic E-state index is 0.110. The Morgan fingerprint density at radius 2 is 1.59 bits per heavy atom. The van der Waals surface area contributed by atoms with Gasteiger partial charge in [-0.15, -0.1) is 0 Å². The van der Waals surface area contributed by atoms with Gasteiger partial charge in [-0.3, -0.25) is 13.9 Å². The first-order chi connectivity index (χ1) is 21.0. The zero-order valence-electron chi connectivity index (χ0n) is 26.3. The lowest BCUT2D eigenvalue weighted by Crippen LogP contribution is -2.52. The Labute approximate surface area is 262 Å². The minimum atomic E-state index is -3.79. The molecular weight excluding hydrogens is 574 g/mol. The molecule has 5 fully saturated rings. The van der Waals surface area contributed by atoms with E-state index in [0.29, 0.717) is 11.4 Å². The van der Waals surface area contributed by atoms with Crippen molar-refractivity contribution in [2.75, 3.05) is 24.2 Å². The van der Waals surface area contributed by atoms with Gasteiger partial charge in [0.2, 0.25) is 21.8 Å². The molecule has 238 valence electrons. The molecule has 2 aromatic carbocycles. The van der Waals surface area contributed by atoms with E-state index in [1.54, 1.807) is 14.0 Å². The number of methoxy groups -OCH3 is 1. The van der Waals surface area contributed by atoms with Gasteiger partial charge in [0, 0.05) is 12.6 Å². The van der Waals surface area contributed by atoms with E-state index < -0.39 is 22.0 Å². The van der Waals surface area contributed by atoms with Gasteiger partial charge in [0.05, 0.1) is 19.1 Å². The summed E-state index contributed by atoms with van der Waals surface area (Å²) in [5.74, 6) is 2.43. The van der Waals surface area contributed by atoms with Crippen LogP contribution in [0.2, 0.25) is 0 Å². The van der Waals surface area contributed by atoms with E-state index in [1.165, 1.54) is 53.3 Å². The van der Waals surface area contributed by atoms with E-state index in [1.807, 2.05) is 36.4 Å². The van der Waals surface area contributed by atoms with Gasteiger partial charge >= 0.3 is 0 Å². The van der Waals surface area contributed by atoms with Crippen LogP contribution in [0.4, 0.5) is 5.69 Å². The lowest BCUT2D eigenvalue weighted by molar-refractivity contribution is -0.139. The van der Waals surface area contributed by atoms with Crippen LogP contribution < -0.4 is 14.4 Å². The SMILES string of the molecule is COc1cccc(CN(C(=O)CN(c2ccc(C34CC5CC(CC(C5)C3)C4)cc2)S(C)(=O)=O)[C@@H](C)C(=O)NC2CCCC2)c1. The van der Waals surface area contributed by atoms with E-state index >= 15 is 0 Å². The Bertz CT molecular complexity index is 1430. The molecule has 0 unspecified atom stereocenters. The summed E-state index contributed by atoms with van der Waals surface area (Å²) in [5.41, 5.74) is 2.77. The first kappa shape index (κ1) is 30.9. The number of hydrogen-bond donors (Lipinski definition) is 1. The molecule has 5 saturated carbocycles. The molecule has 44 heavy (non-hydrogen) atoms. The summed E-state index contributed by atoms with van der Waals surface area (Å²) in [6.07, 6.45) is 12.9. The van der Waals surface area contributed by atoms with Crippen LogP contribution in [-0.4, -0.2) is 57.1 Å². The molecule has 2 aromatic rings. The van der Waals surface area contributed by atoms with Crippen molar-refractivity contribution in [3.05, 3.63) is 59.7 Å². The average molecular weight is 622 g/mol. The summed E-state index contributed by atoms with van der Waals surface area (Å²) in [5, 5.41) is 3.11. The number of carbonyl (C=O) groups excluding carboxylic acids is 2. The monoisotopic (exact) mass is 621 g/mol. The summed E-state index contributed by atoms with van der Waals surface area (Å²) >= 11 is 0. The van der Waals surface area contributed by atoms with Gasteiger partial charge < -0.3 is 15.0 Å². The Morgan fingerprint density at radius 3 is 2.16 bits per heavy atom. The molecule has 0 radical (unpaired) electrons. The second kappa shape index (κ2) is 12.4. The molecule has 1 atom stereocenters. The molecule has 0 aliphatic heterocycles. The Kier molecular flexibility index (Phi) is 8.70. The number of anilines is 1. The number of amides is 2. The number of nitrogens with zero attached hydrogens (tertiary/aromatic N) is 2. The summed E-state index contributed by atoms with van der Waals surface area (Å²) in [6, 6.07) is 14.6. The van der Waals surface area contributed by atoms with Crippen LogP contribution in [0.15, 0.2) is 48.5 Å². The predicted molar refractivity (Wildman–Crippen MR) is 172 cm³/mol. The predicted octanol–water partition coefficient (Wildman–Crippen LogP) is 5.41. The summed E-state index contributed by atoms with van der Waals surface area (Å²) in [7, 11) is -2.21. The van der Waals surface area contributed by atoms with E-state index in [2.05, 4.69) is 17.4 Å². The quantitative estimate of drug-likeness (QED) is 0.362. The molecule has 7 rings (SSSR count). The van der Waals surface area contributed by atoms with Gasteiger partial charge in [0.15, 0.2) is 0 Å². The average Bonchev–Trinajstić information content (AvgIpc) is 3.50. The Balaban J connectivity index is 1.23. The lowest BCUT2D eigenvalue weighted by atomic mass is 9.48. The van der Waals surface area contributed by atoms with Crippen molar-refractivity contribution in [1.82, 2.24) is 10.2 Å². The molecule has 1 N–H and O–H groups in total. The second-order valence-electron chi connectivity index (χ2n) is 14.1. The normalized spacial score (nSPS) is 26.8. The van der Waals surface area contributed by atoms with Crippen LogP contribution in [0.5, 0.6) is 5.75 Å². The van der Waals surface area contributed by atoms with Crippen molar-refractivity contribution in [2.24, 2.45) is 17.8 Å². The molecule has 4 bridgehead atoms. The highest BCUT2D eigenvalue weighted by Gasteiger charge is 2.51. The minimum Gasteiger partial charge on any atom is -0.497 e. The third-order valence-electron chi connectivity index (χ3n) is 10.8. The van der Waals surface area contributed by atoms with Crippen molar-refractivity contribution < 1.29 is 22.7 Å². The van der Waals surface area contributed by atoms with E-state index in [9.17, 15) is 18.0 Å². The molecule has 5 aliphatic carbocycles. The van der Waals surface area contributed by atoms with E-state index in [0.717, 1.165) is 55.3 Å². The number of benzene rings is 2. The van der Waals surface area contributed by atoms with Gasteiger partial charge in [0.25, 0.3) is 0 Å². The lowest BCUT2D eigenvalue weighted by Gasteiger charge is -2.57. The van der Waals surface area contributed by atoms with Crippen LogP contribution in [0.25, 0.3) is 0 Å². The highest BCUT2D eigenvalue weighted by atomic mass is 32.2. The fourth-order valence-corrected chi connectivity index (χ4v) is 9.85. The number of sulfonamides is 1. The van der Waals surface area contributed by atoms with E-state index in [4.69, 9.17) is 4.74 Å². The van der Waals surface area contributed by atoms with Crippen molar-refractivity contribution in [1.29, 1.82) is 0 Å². The molecule has 0 aromatic heterocycles. The first-order valence-electron chi connectivity index (χ1n) is 16.3. The zero-order chi connectivity index (χ0) is 31.1. The van der Waals surface area contributed by atoms with Gasteiger partial charge in [-0.1, -0.05) is 37.1 Å². The topological polar surface area (TPSA) is 96.0 Å².